The van der Waals surface area contributed by atoms with Gasteiger partial charge < -0.3 is 9.53 Å². The van der Waals surface area contributed by atoms with Crippen molar-refractivity contribution in [2.75, 3.05) is 6.61 Å². The predicted octanol–water partition coefficient (Wildman–Crippen LogP) is 9.25. The van der Waals surface area contributed by atoms with Gasteiger partial charge in [0, 0.05) is 37.2 Å². The first-order chi connectivity index (χ1) is 20.3. The fourth-order valence-corrected chi connectivity index (χ4v) is 9.86. The number of fused-ring (bicyclic) bond motifs is 4. The summed E-state index contributed by atoms with van der Waals surface area (Å²) >= 11 is 0. The molecule has 3 saturated carbocycles. The molecular formula is C38H58O4Si. The second-order valence-electron chi connectivity index (χ2n) is 16.3. The number of hydrogen-bond donors (Lipinski definition) is 1. The Bertz CT molecular complexity index is 1210. The molecule has 0 aromatic heterocycles. The van der Waals surface area contributed by atoms with Crippen molar-refractivity contribution in [2.24, 2.45) is 17.3 Å². The molecule has 5 atom stereocenters. The fourth-order valence-electron chi connectivity index (χ4n) is 8.77. The highest BCUT2D eigenvalue weighted by molar-refractivity contribution is 6.74. The summed E-state index contributed by atoms with van der Waals surface area (Å²) in [5, 5.41) is 12.0. The first-order valence-corrected chi connectivity index (χ1v) is 20.4. The summed E-state index contributed by atoms with van der Waals surface area (Å²) in [5.74, 6) is 1.53. The number of unbranched alkanes of at least 4 members (excludes halogenated alkanes) is 5. The second-order valence-corrected chi connectivity index (χ2v) is 21.1. The zero-order chi connectivity index (χ0) is 31.0. The van der Waals surface area contributed by atoms with E-state index in [1.54, 1.807) is 0 Å². The minimum absolute atomic E-state index is 0.165. The smallest absolute Gasteiger partial charge is 0.191 e. The van der Waals surface area contributed by atoms with E-state index in [9.17, 15) is 14.7 Å². The summed E-state index contributed by atoms with van der Waals surface area (Å²) in [6.45, 7) is 14.7. The van der Waals surface area contributed by atoms with Crippen molar-refractivity contribution >= 4 is 19.9 Å². The van der Waals surface area contributed by atoms with Gasteiger partial charge in [0.2, 0.25) is 0 Å². The highest BCUT2D eigenvalue weighted by Gasteiger charge is 2.58. The maximum atomic E-state index is 13.2. The van der Waals surface area contributed by atoms with E-state index in [0.29, 0.717) is 43.3 Å². The van der Waals surface area contributed by atoms with Crippen molar-refractivity contribution in [3.63, 3.8) is 0 Å². The van der Waals surface area contributed by atoms with Crippen LogP contribution in [-0.2, 0) is 20.4 Å². The molecule has 5 heteroatoms. The molecule has 43 heavy (non-hydrogen) atoms. The van der Waals surface area contributed by atoms with E-state index >= 15 is 0 Å². The topological polar surface area (TPSA) is 63.6 Å². The minimum atomic E-state index is -1.61. The monoisotopic (exact) mass is 606 g/mol. The molecule has 0 radical (unpaired) electrons. The Morgan fingerprint density at radius 1 is 0.930 bits per heavy atom. The lowest BCUT2D eigenvalue weighted by molar-refractivity contribution is -0.129. The molecule has 0 aliphatic heterocycles. The maximum Gasteiger partial charge on any atom is 0.191 e. The third-order valence-electron chi connectivity index (χ3n) is 12.5. The molecule has 0 saturated heterocycles. The number of ketones is 2. The number of carbonyl (C=O) groups is 2. The summed E-state index contributed by atoms with van der Waals surface area (Å²) in [4.78, 5) is 25.6. The number of aryl methyl sites for hydroxylation is 1. The maximum absolute atomic E-state index is 13.2. The number of allylic oxidation sites excluding steroid dienone is 1. The number of carbonyl (C=O) groups excluding carboxylic acids is 2. The van der Waals surface area contributed by atoms with Crippen LogP contribution in [0.4, 0.5) is 0 Å². The molecule has 3 fully saturated rings. The first kappa shape index (κ1) is 32.8. The molecule has 238 valence electrons. The number of rotatable bonds is 11. The van der Waals surface area contributed by atoms with Crippen molar-refractivity contribution in [3.8, 4) is 0 Å². The van der Waals surface area contributed by atoms with Gasteiger partial charge in [-0.1, -0.05) is 83.2 Å². The summed E-state index contributed by atoms with van der Waals surface area (Å²) in [5.41, 5.74) is 4.01. The quantitative estimate of drug-likeness (QED) is 0.155. The van der Waals surface area contributed by atoms with Crippen LogP contribution in [0.25, 0.3) is 0 Å². The molecule has 5 rings (SSSR count). The van der Waals surface area contributed by atoms with E-state index in [1.165, 1.54) is 55.2 Å². The molecule has 2 unspecified atom stereocenters. The summed E-state index contributed by atoms with van der Waals surface area (Å²) in [7, 11) is -1.61. The number of Topliss-reactive ketones (excluding diaryl/α,β-unsaturated/α-hetero) is 2. The first-order valence-electron chi connectivity index (χ1n) is 17.5. The lowest BCUT2D eigenvalue weighted by atomic mass is 9.51. The Kier molecular flexibility index (Phi) is 9.67. The van der Waals surface area contributed by atoms with Gasteiger partial charge in [-0.15, -0.1) is 0 Å². The van der Waals surface area contributed by atoms with E-state index < -0.39 is 13.9 Å². The average molecular weight is 607 g/mol. The molecule has 4 nitrogen and oxygen atoms in total. The number of hydrogen-bond acceptors (Lipinski definition) is 4. The van der Waals surface area contributed by atoms with Crippen LogP contribution in [0.1, 0.15) is 135 Å². The van der Waals surface area contributed by atoms with Crippen molar-refractivity contribution < 1.29 is 19.1 Å². The third kappa shape index (κ3) is 6.70. The van der Waals surface area contributed by atoms with Crippen LogP contribution in [0, 0.1) is 17.3 Å². The van der Waals surface area contributed by atoms with Gasteiger partial charge in [0.1, 0.15) is 11.6 Å². The minimum Gasteiger partial charge on any atom is -0.417 e. The molecule has 0 amide bonds. The van der Waals surface area contributed by atoms with Gasteiger partial charge >= 0.3 is 0 Å². The van der Waals surface area contributed by atoms with Gasteiger partial charge in [0.15, 0.2) is 8.32 Å². The largest absolute Gasteiger partial charge is 0.417 e. The standard InChI is InChI=1S/C38H58O4Si/c1-36(2,3)43(5,6)42-24-12-10-8-7-9-11-13-27-14-16-28(17-15-27)31-26-37(4)32(20-21-34(37)40)30-22-23-38(41)25-29(39)18-19-33(38)35(30)31/h14-17,30-32,41H,7-13,18-26H2,1-6H3/t30-,31?,32-,37-,38?/m0/s1. The molecule has 4 aliphatic carbocycles. The Balaban J connectivity index is 1.17. The Morgan fingerprint density at radius 3 is 2.30 bits per heavy atom. The summed E-state index contributed by atoms with van der Waals surface area (Å²) < 4.78 is 6.32. The van der Waals surface area contributed by atoms with Gasteiger partial charge in [-0.2, -0.15) is 0 Å². The molecule has 0 bridgehead atoms. The molecule has 1 aromatic carbocycles. The van der Waals surface area contributed by atoms with Crippen molar-refractivity contribution in [2.45, 2.75) is 154 Å². The van der Waals surface area contributed by atoms with Crippen LogP contribution in [0.3, 0.4) is 0 Å². The predicted molar refractivity (Wildman–Crippen MR) is 178 cm³/mol. The van der Waals surface area contributed by atoms with Gasteiger partial charge in [-0.05, 0) is 98.0 Å². The lowest BCUT2D eigenvalue weighted by Gasteiger charge is -2.53. The van der Waals surface area contributed by atoms with Crippen LogP contribution in [-0.4, -0.2) is 37.2 Å². The molecule has 0 heterocycles. The fraction of sp³-hybridized carbons (Fsp3) is 0.737. The molecule has 1 N–H and O–H groups in total. The highest BCUT2D eigenvalue weighted by Crippen LogP contribution is 2.63. The van der Waals surface area contributed by atoms with E-state index in [2.05, 4.69) is 65.1 Å². The summed E-state index contributed by atoms with van der Waals surface area (Å²) in [6.07, 6.45) is 14.2. The van der Waals surface area contributed by atoms with Crippen LogP contribution in [0.2, 0.25) is 18.1 Å². The lowest BCUT2D eigenvalue weighted by Crippen LogP contribution is -2.49. The van der Waals surface area contributed by atoms with Crippen LogP contribution < -0.4 is 0 Å². The van der Waals surface area contributed by atoms with E-state index in [0.717, 1.165) is 37.9 Å². The zero-order valence-corrected chi connectivity index (χ0v) is 29.0. The zero-order valence-electron chi connectivity index (χ0n) is 28.0. The van der Waals surface area contributed by atoms with Crippen LogP contribution >= 0.6 is 0 Å². The summed E-state index contributed by atoms with van der Waals surface area (Å²) in [6, 6.07) is 9.21. The Labute approximate surface area is 262 Å². The molecule has 1 aromatic rings. The molecule has 4 aliphatic rings. The van der Waals surface area contributed by atoms with Gasteiger partial charge in [0.05, 0.1) is 5.60 Å². The second kappa shape index (κ2) is 12.7. The van der Waals surface area contributed by atoms with Crippen molar-refractivity contribution in [1.29, 1.82) is 0 Å². The molecular weight excluding hydrogens is 549 g/mol. The van der Waals surface area contributed by atoms with Gasteiger partial charge in [0.25, 0.3) is 0 Å². The van der Waals surface area contributed by atoms with Crippen molar-refractivity contribution in [1.82, 2.24) is 0 Å². The van der Waals surface area contributed by atoms with E-state index in [-0.39, 0.29) is 28.6 Å². The van der Waals surface area contributed by atoms with Crippen LogP contribution in [0.15, 0.2) is 35.4 Å². The number of aliphatic hydroxyl groups is 1. The van der Waals surface area contributed by atoms with Crippen LogP contribution in [0.5, 0.6) is 0 Å². The Morgan fingerprint density at radius 2 is 1.60 bits per heavy atom. The third-order valence-corrected chi connectivity index (χ3v) is 17.0. The normalized spacial score (nSPS) is 31.2. The van der Waals surface area contributed by atoms with Gasteiger partial charge in [-0.25, -0.2) is 0 Å². The van der Waals surface area contributed by atoms with E-state index in [1.807, 2.05) is 0 Å². The Hall–Kier alpha value is -1.56. The SMILES string of the molecule is CC(C)(C)[Si](C)(C)OCCCCCCCCc1ccc(C2C[C@]3(C)C(=O)CC[C@H]3[C@@H]3CCC4(O)CC(=O)CCC4=C23)cc1. The number of benzene rings is 1. The molecule has 0 spiro atoms. The van der Waals surface area contributed by atoms with Gasteiger partial charge in [-0.3, -0.25) is 9.59 Å². The highest BCUT2D eigenvalue weighted by atomic mass is 28.4. The average Bonchev–Trinajstić information content (AvgIpc) is 3.24. The van der Waals surface area contributed by atoms with Crippen molar-refractivity contribution in [3.05, 3.63) is 46.5 Å². The van der Waals surface area contributed by atoms with E-state index in [4.69, 9.17) is 4.43 Å².